The van der Waals surface area contributed by atoms with Crippen LogP contribution in [0.2, 0.25) is 0 Å². The highest BCUT2D eigenvalue weighted by molar-refractivity contribution is 6.32. The normalized spacial score (nSPS) is 11.9. The van der Waals surface area contributed by atoms with Gasteiger partial charge in [-0.1, -0.05) is 121 Å². The van der Waals surface area contributed by atoms with Crippen LogP contribution in [0.3, 0.4) is 0 Å². The van der Waals surface area contributed by atoms with E-state index in [-0.39, 0.29) is 0 Å². The van der Waals surface area contributed by atoms with Crippen molar-refractivity contribution in [3.05, 3.63) is 170 Å². The molecule has 0 atom stereocenters. The lowest BCUT2D eigenvalue weighted by molar-refractivity contribution is 0.669. The van der Waals surface area contributed by atoms with E-state index in [2.05, 4.69) is 155 Å². The van der Waals surface area contributed by atoms with Crippen LogP contribution in [0.15, 0.2) is 174 Å². The summed E-state index contributed by atoms with van der Waals surface area (Å²) in [7, 11) is 0. The average molecular weight is 653 g/mol. The van der Waals surface area contributed by atoms with Crippen molar-refractivity contribution in [3.8, 4) is 34.2 Å². The van der Waals surface area contributed by atoms with Crippen LogP contribution in [0.5, 0.6) is 0 Å². The van der Waals surface area contributed by atoms with Gasteiger partial charge < -0.3 is 8.98 Å². The number of hydrogen-bond donors (Lipinski definition) is 0. The van der Waals surface area contributed by atoms with Gasteiger partial charge in [0.1, 0.15) is 11.2 Å². The highest BCUT2D eigenvalue weighted by Gasteiger charge is 2.25. The molecule has 11 aromatic rings. The third kappa shape index (κ3) is 4.09. The molecule has 0 aliphatic rings. The van der Waals surface area contributed by atoms with Crippen LogP contribution in [0, 0.1) is 0 Å². The molecule has 11 rings (SSSR count). The molecular formula is C46H28N4O. The van der Waals surface area contributed by atoms with Crippen LogP contribution in [0.1, 0.15) is 0 Å². The van der Waals surface area contributed by atoms with Crippen LogP contribution < -0.4 is 0 Å². The first-order chi connectivity index (χ1) is 25.3. The molecule has 0 aliphatic carbocycles. The summed E-state index contributed by atoms with van der Waals surface area (Å²) < 4.78 is 11.1. The first kappa shape index (κ1) is 27.9. The maximum absolute atomic E-state index is 6.45. The Kier molecular flexibility index (Phi) is 5.89. The van der Waals surface area contributed by atoms with Crippen molar-refractivity contribution >= 4 is 65.6 Å². The minimum absolute atomic E-state index is 0.617. The fourth-order valence-corrected chi connectivity index (χ4v) is 7.97. The Morgan fingerprint density at radius 1 is 0.392 bits per heavy atom. The summed E-state index contributed by atoms with van der Waals surface area (Å²) in [5.41, 5.74) is 11.0. The van der Waals surface area contributed by atoms with E-state index < -0.39 is 0 Å². The van der Waals surface area contributed by atoms with Crippen molar-refractivity contribution in [3.63, 3.8) is 0 Å². The van der Waals surface area contributed by atoms with Gasteiger partial charge >= 0.3 is 0 Å². The van der Waals surface area contributed by atoms with Gasteiger partial charge in [-0.25, -0.2) is 9.97 Å². The van der Waals surface area contributed by atoms with E-state index in [1.165, 1.54) is 5.39 Å². The molecule has 0 amide bonds. The molecule has 0 spiro atoms. The van der Waals surface area contributed by atoms with E-state index in [9.17, 15) is 0 Å². The molecule has 51 heavy (non-hydrogen) atoms. The van der Waals surface area contributed by atoms with Crippen molar-refractivity contribution in [2.24, 2.45) is 0 Å². The van der Waals surface area contributed by atoms with Gasteiger partial charge in [-0.05, 0) is 48.5 Å². The third-order valence-corrected chi connectivity index (χ3v) is 10.1. The second kappa shape index (κ2) is 10.8. The van der Waals surface area contributed by atoms with Crippen molar-refractivity contribution in [2.75, 3.05) is 0 Å². The summed E-state index contributed by atoms with van der Waals surface area (Å²) in [6.45, 7) is 0. The van der Waals surface area contributed by atoms with Crippen LogP contribution in [0.4, 0.5) is 0 Å². The number of para-hydroxylation sites is 3. The molecule has 4 heterocycles. The number of rotatable bonds is 4. The molecule has 0 unspecified atom stereocenters. The smallest absolute Gasteiger partial charge is 0.235 e. The lowest BCUT2D eigenvalue weighted by atomic mass is 10.0. The van der Waals surface area contributed by atoms with E-state index in [0.717, 1.165) is 88.4 Å². The number of fused-ring (bicyclic) bond motifs is 11. The van der Waals surface area contributed by atoms with Gasteiger partial charge in [0.05, 0.1) is 33.5 Å². The molecule has 0 aliphatic heterocycles. The highest BCUT2D eigenvalue weighted by atomic mass is 16.3. The zero-order valence-corrected chi connectivity index (χ0v) is 27.4. The molecule has 7 aromatic carbocycles. The number of hydrogen-bond acceptors (Lipinski definition) is 3. The molecule has 0 fully saturated rings. The van der Waals surface area contributed by atoms with Crippen LogP contribution in [0.25, 0.3) is 99.7 Å². The Bertz CT molecular complexity index is 3060. The van der Waals surface area contributed by atoms with Crippen molar-refractivity contribution in [2.45, 2.75) is 0 Å². The first-order valence-corrected chi connectivity index (χ1v) is 17.2. The number of furan rings is 1. The van der Waals surface area contributed by atoms with E-state index in [4.69, 9.17) is 14.4 Å². The van der Waals surface area contributed by atoms with E-state index in [0.29, 0.717) is 5.95 Å². The summed E-state index contributed by atoms with van der Waals surface area (Å²) in [5, 5.41) is 6.76. The van der Waals surface area contributed by atoms with E-state index in [1.807, 2.05) is 24.3 Å². The summed E-state index contributed by atoms with van der Waals surface area (Å²) in [5.74, 6) is 0.617. The van der Waals surface area contributed by atoms with Gasteiger partial charge in [0.25, 0.3) is 0 Å². The largest absolute Gasteiger partial charge is 0.456 e. The molecule has 0 bridgehead atoms. The maximum Gasteiger partial charge on any atom is 0.235 e. The molecule has 238 valence electrons. The molecule has 0 saturated carbocycles. The molecule has 4 aromatic heterocycles. The molecule has 5 nitrogen and oxygen atoms in total. The maximum atomic E-state index is 6.45. The Balaban J connectivity index is 1.37. The van der Waals surface area contributed by atoms with Gasteiger partial charge in [0.15, 0.2) is 0 Å². The second-order valence-corrected chi connectivity index (χ2v) is 13.0. The topological polar surface area (TPSA) is 48.8 Å². The van der Waals surface area contributed by atoms with Crippen molar-refractivity contribution in [1.82, 2.24) is 19.1 Å². The summed E-state index contributed by atoms with van der Waals surface area (Å²) >= 11 is 0. The fraction of sp³-hybridized carbons (Fsp3) is 0. The van der Waals surface area contributed by atoms with Crippen molar-refractivity contribution in [1.29, 1.82) is 0 Å². The predicted molar refractivity (Wildman–Crippen MR) is 209 cm³/mol. The van der Waals surface area contributed by atoms with E-state index in [1.54, 1.807) is 0 Å². The van der Waals surface area contributed by atoms with Gasteiger partial charge in [-0.3, -0.25) is 4.57 Å². The zero-order valence-electron chi connectivity index (χ0n) is 27.4. The Labute approximate surface area is 292 Å². The summed E-state index contributed by atoms with van der Waals surface area (Å²) in [6.07, 6.45) is 0. The average Bonchev–Trinajstić information content (AvgIpc) is 3.86. The van der Waals surface area contributed by atoms with Crippen molar-refractivity contribution < 1.29 is 4.42 Å². The molecule has 0 saturated heterocycles. The zero-order chi connectivity index (χ0) is 33.5. The predicted octanol–water partition coefficient (Wildman–Crippen LogP) is 11.9. The van der Waals surface area contributed by atoms with Crippen LogP contribution in [-0.4, -0.2) is 19.1 Å². The second-order valence-electron chi connectivity index (χ2n) is 13.0. The Hall–Kier alpha value is -6.98. The van der Waals surface area contributed by atoms with Crippen LogP contribution in [-0.2, 0) is 0 Å². The van der Waals surface area contributed by atoms with Gasteiger partial charge in [-0.15, -0.1) is 0 Å². The minimum Gasteiger partial charge on any atom is -0.456 e. The fourth-order valence-electron chi connectivity index (χ4n) is 7.97. The Morgan fingerprint density at radius 2 is 0.980 bits per heavy atom. The number of nitrogens with zero attached hydrogens (tertiary/aromatic N) is 4. The number of aromatic nitrogens is 4. The van der Waals surface area contributed by atoms with Gasteiger partial charge in [0.2, 0.25) is 5.95 Å². The van der Waals surface area contributed by atoms with Gasteiger partial charge in [-0.2, -0.15) is 0 Å². The molecule has 0 radical (unpaired) electrons. The highest BCUT2D eigenvalue weighted by Crippen LogP contribution is 2.45. The first-order valence-electron chi connectivity index (χ1n) is 17.2. The van der Waals surface area contributed by atoms with E-state index >= 15 is 0 Å². The molecular weight excluding hydrogens is 625 g/mol. The lowest BCUT2D eigenvalue weighted by Gasteiger charge is -2.12. The Morgan fingerprint density at radius 3 is 1.71 bits per heavy atom. The van der Waals surface area contributed by atoms with Crippen LogP contribution >= 0.6 is 0 Å². The summed E-state index contributed by atoms with van der Waals surface area (Å²) in [6, 6.07) is 59.3. The minimum atomic E-state index is 0.617. The lowest BCUT2D eigenvalue weighted by Crippen LogP contribution is -2.04. The molecule has 5 heteroatoms. The molecule has 0 N–H and O–H groups in total. The standard InChI is InChI=1S/C46H28N4O/c1-4-14-29(15-5-1)35-28-36(30-16-6-2-7-17-30)48-46(47-35)50-38-26-27-41-44(33-21-11-13-23-40(33)51-41)42(38)34-24-25-39-43(45(34)50)32-20-10-12-22-37(32)49(39)31-18-8-3-9-19-31/h1-28H. The quantitative estimate of drug-likeness (QED) is 0.190. The summed E-state index contributed by atoms with van der Waals surface area (Å²) in [4.78, 5) is 10.8. The van der Waals surface area contributed by atoms with Gasteiger partial charge in [0, 0.05) is 49.1 Å². The third-order valence-electron chi connectivity index (χ3n) is 10.1. The number of benzene rings is 7. The monoisotopic (exact) mass is 652 g/mol. The SMILES string of the molecule is c1ccc(-c2cc(-c3ccccc3)nc(-n3c4ccc5oc6ccccc6c5c4c4ccc5c(c6ccccc6n5-c5ccccc5)c43)n2)cc1.